The molecule has 0 fully saturated rings. The van der Waals surface area contributed by atoms with Gasteiger partial charge in [0.25, 0.3) is 0 Å². The number of carbonyl (C=O) groups excluding carboxylic acids is 2. The number of carbonyl (C=O) groups is 2. The Labute approximate surface area is 58.2 Å². The van der Waals surface area contributed by atoms with Crippen molar-refractivity contribution in [3.8, 4) is 0 Å². The van der Waals surface area contributed by atoms with Crippen LogP contribution in [-0.4, -0.2) is 12.4 Å². The van der Waals surface area contributed by atoms with Gasteiger partial charge < -0.3 is 4.74 Å². The van der Waals surface area contributed by atoms with E-state index in [2.05, 4.69) is 16.6 Å². The van der Waals surface area contributed by atoms with Gasteiger partial charge in [-0.15, -0.1) is 0 Å². The Hall–Kier alpha value is -1.58. The van der Waals surface area contributed by atoms with Gasteiger partial charge >= 0.3 is 6.09 Å². The number of aldehydes is 1. The largest absolute Gasteiger partial charge is 0.419 e. The molecule has 0 aliphatic carbocycles. The van der Waals surface area contributed by atoms with Crippen LogP contribution in [0, 0.1) is 0 Å². The molecule has 0 bridgehead atoms. The molecular formula is C6H7NO3. The van der Waals surface area contributed by atoms with Crippen molar-refractivity contribution < 1.29 is 14.3 Å². The third-order valence-corrected chi connectivity index (χ3v) is 0.566. The van der Waals surface area contributed by atoms with Gasteiger partial charge in [0.1, 0.15) is 6.29 Å². The van der Waals surface area contributed by atoms with Crippen LogP contribution in [0.1, 0.15) is 0 Å². The maximum atomic E-state index is 10.3. The van der Waals surface area contributed by atoms with Crippen LogP contribution in [0.5, 0.6) is 0 Å². The minimum absolute atomic E-state index is 0.536. The van der Waals surface area contributed by atoms with Crippen molar-refractivity contribution >= 4 is 12.4 Å². The highest BCUT2D eigenvalue weighted by atomic mass is 16.5. The molecule has 0 heterocycles. The second-order valence-corrected chi connectivity index (χ2v) is 1.21. The van der Waals surface area contributed by atoms with Crippen LogP contribution in [0.15, 0.2) is 25.1 Å². The topological polar surface area (TPSA) is 55.4 Å². The molecule has 0 radical (unpaired) electrons. The van der Waals surface area contributed by atoms with Crippen LogP contribution in [0.2, 0.25) is 0 Å². The highest BCUT2D eigenvalue weighted by Gasteiger charge is 1.91. The smallest absolute Gasteiger partial charge is 0.415 e. The first-order chi connectivity index (χ1) is 4.81. The summed E-state index contributed by atoms with van der Waals surface area (Å²) in [6.45, 7) is 3.15. The molecule has 4 heteroatoms. The molecule has 0 saturated heterocycles. The van der Waals surface area contributed by atoms with Crippen molar-refractivity contribution in [1.29, 1.82) is 0 Å². The van der Waals surface area contributed by atoms with E-state index < -0.39 is 6.09 Å². The molecule has 0 rings (SSSR count). The molecule has 0 saturated carbocycles. The summed E-state index contributed by atoms with van der Waals surface area (Å²) in [5, 5.41) is 2.14. The van der Waals surface area contributed by atoms with Gasteiger partial charge in [-0.3, -0.25) is 10.1 Å². The zero-order valence-corrected chi connectivity index (χ0v) is 5.24. The van der Waals surface area contributed by atoms with Gasteiger partial charge in [0.15, 0.2) is 0 Å². The normalized spacial score (nSPS) is 8.80. The second-order valence-electron chi connectivity index (χ2n) is 1.21. The number of hydrogen-bond donors (Lipinski definition) is 1. The number of ether oxygens (including phenoxy) is 1. The monoisotopic (exact) mass is 141 g/mol. The van der Waals surface area contributed by atoms with Crippen LogP contribution < -0.4 is 5.32 Å². The Balaban J connectivity index is 3.47. The zero-order valence-electron chi connectivity index (χ0n) is 5.24. The Morgan fingerprint density at radius 2 is 2.30 bits per heavy atom. The van der Waals surface area contributed by atoms with E-state index >= 15 is 0 Å². The fourth-order valence-electron chi connectivity index (χ4n) is 0.265. The second kappa shape index (κ2) is 5.55. The lowest BCUT2D eigenvalue weighted by molar-refractivity contribution is -0.104. The minimum atomic E-state index is -0.673. The van der Waals surface area contributed by atoms with E-state index in [1.807, 2.05) is 0 Å². The predicted molar refractivity (Wildman–Crippen MR) is 35.0 cm³/mol. The van der Waals surface area contributed by atoms with Gasteiger partial charge in [-0.25, -0.2) is 4.79 Å². The summed E-state index contributed by atoms with van der Waals surface area (Å²) in [6, 6.07) is 0. The van der Waals surface area contributed by atoms with Crippen molar-refractivity contribution in [2.75, 3.05) is 0 Å². The Morgan fingerprint density at radius 1 is 1.60 bits per heavy atom. The van der Waals surface area contributed by atoms with Crippen molar-refractivity contribution in [2.45, 2.75) is 0 Å². The predicted octanol–water partition coefficient (Wildman–Crippen LogP) is 0.569. The van der Waals surface area contributed by atoms with E-state index in [1.165, 1.54) is 6.20 Å². The molecule has 10 heavy (non-hydrogen) atoms. The van der Waals surface area contributed by atoms with Crippen molar-refractivity contribution in [3.05, 3.63) is 25.1 Å². The number of nitrogens with one attached hydrogen (secondary N) is 1. The number of hydrogen-bond acceptors (Lipinski definition) is 3. The quantitative estimate of drug-likeness (QED) is 0.355. The van der Waals surface area contributed by atoms with E-state index in [4.69, 9.17) is 0 Å². The number of alkyl carbamates (subject to hydrolysis) is 1. The fraction of sp³-hybridized carbons (Fsp3) is 0. The fourth-order valence-corrected chi connectivity index (χ4v) is 0.265. The summed E-state index contributed by atoms with van der Waals surface area (Å²) < 4.78 is 4.24. The average Bonchev–Trinajstić information content (AvgIpc) is 1.89. The lowest BCUT2D eigenvalue weighted by Crippen LogP contribution is -2.15. The highest BCUT2D eigenvalue weighted by molar-refractivity contribution is 5.71. The van der Waals surface area contributed by atoms with Crippen LogP contribution >= 0.6 is 0 Å². The van der Waals surface area contributed by atoms with Crippen molar-refractivity contribution in [3.63, 3.8) is 0 Å². The Bertz CT molecular complexity index is 162. The SMILES string of the molecule is C=COC(=O)NC=CC=O. The molecule has 1 amide bonds. The van der Waals surface area contributed by atoms with E-state index in [0.717, 1.165) is 12.3 Å². The van der Waals surface area contributed by atoms with Gasteiger partial charge in [-0.05, 0) is 6.08 Å². The highest BCUT2D eigenvalue weighted by Crippen LogP contribution is 1.75. The molecule has 0 atom stereocenters. The lowest BCUT2D eigenvalue weighted by atomic mass is 10.7. The molecule has 0 aliphatic heterocycles. The summed E-state index contributed by atoms with van der Waals surface area (Å²) in [4.78, 5) is 20.0. The molecular weight excluding hydrogens is 134 g/mol. The first-order valence-corrected chi connectivity index (χ1v) is 2.49. The average molecular weight is 141 g/mol. The first kappa shape index (κ1) is 8.42. The van der Waals surface area contributed by atoms with Crippen molar-refractivity contribution in [1.82, 2.24) is 5.32 Å². The van der Waals surface area contributed by atoms with Crippen LogP contribution in [0.3, 0.4) is 0 Å². The molecule has 1 N–H and O–H groups in total. The minimum Gasteiger partial charge on any atom is -0.419 e. The number of amides is 1. The molecule has 0 unspecified atom stereocenters. The Kier molecular flexibility index (Phi) is 4.68. The summed E-state index contributed by atoms with van der Waals surface area (Å²) in [5.74, 6) is 0. The summed E-state index contributed by atoms with van der Waals surface area (Å²) in [7, 11) is 0. The number of rotatable bonds is 3. The van der Waals surface area contributed by atoms with Crippen LogP contribution in [0.4, 0.5) is 4.79 Å². The standard InChI is InChI=1S/C6H7NO3/c1-2-10-6(9)7-4-3-5-8/h2-5H,1H2,(H,7,9). The zero-order chi connectivity index (χ0) is 7.82. The molecule has 0 aromatic rings. The van der Waals surface area contributed by atoms with Crippen LogP contribution in [0.25, 0.3) is 0 Å². The third-order valence-electron chi connectivity index (χ3n) is 0.566. The summed E-state index contributed by atoms with van der Waals surface area (Å²) in [5.41, 5.74) is 0. The van der Waals surface area contributed by atoms with Crippen molar-refractivity contribution in [2.24, 2.45) is 0 Å². The molecule has 0 spiro atoms. The van der Waals surface area contributed by atoms with Gasteiger partial charge in [-0.1, -0.05) is 6.58 Å². The summed E-state index contributed by atoms with van der Waals surface area (Å²) >= 11 is 0. The molecule has 0 aromatic carbocycles. The van der Waals surface area contributed by atoms with Gasteiger partial charge in [0, 0.05) is 6.20 Å². The van der Waals surface area contributed by atoms with E-state index in [9.17, 15) is 9.59 Å². The Morgan fingerprint density at radius 3 is 2.80 bits per heavy atom. The third kappa shape index (κ3) is 4.58. The molecule has 4 nitrogen and oxygen atoms in total. The van der Waals surface area contributed by atoms with E-state index in [0.29, 0.717) is 6.29 Å². The first-order valence-electron chi connectivity index (χ1n) is 2.49. The van der Waals surface area contributed by atoms with E-state index in [-0.39, 0.29) is 0 Å². The molecule has 54 valence electrons. The molecule has 0 aromatic heterocycles. The van der Waals surface area contributed by atoms with Crippen LogP contribution in [-0.2, 0) is 9.53 Å². The molecule has 0 aliphatic rings. The summed E-state index contributed by atoms with van der Waals surface area (Å²) in [6.07, 6.45) is 3.15. The van der Waals surface area contributed by atoms with Gasteiger partial charge in [0.2, 0.25) is 0 Å². The van der Waals surface area contributed by atoms with Gasteiger partial charge in [-0.2, -0.15) is 0 Å². The van der Waals surface area contributed by atoms with Gasteiger partial charge in [0.05, 0.1) is 6.26 Å². The van der Waals surface area contributed by atoms with E-state index in [1.54, 1.807) is 0 Å². The maximum Gasteiger partial charge on any atom is 0.415 e. The lowest BCUT2D eigenvalue weighted by Gasteiger charge is -1.93. The maximum absolute atomic E-state index is 10.3. The number of allylic oxidation sites excluding steroid dienone is 1.